The van der Waals surface area contributed by atoms with E-state index in [1.165, 1.54) is 5.56 Å². The van der Waals surface area contributed by atoms with Crippen LogP contribution < -0.4 is 5.73 Å². The Bertz CT molecular complexity index is 1730. The first-order chi connectivity index (χ1) is 20.0. The Hall–Kier alpha value is -4.76. The lowest BCUT2D eigenvalue weighted by atomic mass is 9.86. The molecule has 206 valence electrons. The van der Waals surface area contributed by atoms with Crippen LogP contribution in [0.3, 0.4) is 0 Å². The fourth-order valence-corrected chi connectivity index (χ4v) is 6.36. The average Bonchev–Trinajstić information content (AvgIpc) is 3.71. The van der Waals surface area contributed by atoms with Crippen molar-refractivity contribution in [3.05, 3.63) is 90.6 Å². The average molecular weight is 546 g/mol. The first-order valence-electron chi connectivity index (χ1n) is 13.9. The summed E-state index contributed by atoms with van der Waals surface area (Å²) in [5.41, 5.74) is 12.8. The summed E-state index contributed by atoms with van der Waals surface area (Å²) in [6, 6.07) is 26.4. The van der Waals surface area contributed by atoms with Crippen LogP contribution in [0.4, 0.5) is 10.6 Å². The van der Waals surface area contributed by atoms with Gasteiger partial charge >= 0.3 is 6.09 Å². The third kappa shape index (κ3) is 4.68. The number of hydrogen-bond donors (Lipinski definition) is 2. The van der Waals surface area contributed by atoms with Crippen molar-refractivity contribution in [2.45, 2.75) is 19.4 Å². The molecule has 2 aromatic carbocycles. The number of hydrogen-bond acceptors (Lipinski definition) is 6. The molecular formula is C32H31N7O2. The van der Waals surface area contributed by atoms with E-state index in [1.807, 2.05) is 42.5 Å². The van der Waals surface area contributed by atoms with E-state index in [1.54, 1.807) is 11.1 Å². The predicted molar refractivity (Wildman–Crippen MR) is 158 cm³/mol. The number of pyridine rings is 2. The van der Waals surface area contributed by atoms with E-state index in [0.29, 0.717) is 24.7 Å². The van der Waals surface area contributed by atoms with Gasteiger partial charge in [-0.3, -0.25) is 9.47 Å². The number of nitrogens with two attached hydrogens (primary N) is 1. The maximum absolute atomic E-state index is 11.4. The number of anilines is 1. The second kappa shape index (κ2) is 10.0. The van der Waals surface area contributed by atoms with Gasteiger partial charge in [0.2, 0.25) is 0 Å². The van der Waals surface area contributed by atoms with Crippen molar-refractivity contribution in [1.29, 1.82) is 0 Å². The lowest BCUT2D eigenvalue weighted by molar-refractivity contribution is 0.148. The van der Waals surface area contributed by atoms with Crippen molar-refractivity contribution in [2.24, 2.45) is 5.41 Å². The molecule has 2 fully saturated rings. The molecule has 0 radical (unpaired) electrons. The highest BCUT2D eigenvalue weighted by atomic mass is 16.4. The zero-order valence-corrected chi connectivity index (χ0v) is 22.6. The van der Waals surface area contributed by atoms with Crippen LogP contribution in [0.25, 0.3) is 39.5 Å². The van der Waals surface area contributed by atoms with E-state index in [0.717, 1.165) is 66.1 Å². The number of rotatable bonds is 5. The lowest BCUT2D eigenvalue weighted by Crippen LogP contribution is -2.33. The SMILES string of the molecule is Nc1ncccc1-c1nc2ccc(-c3ccccc3)nc2n1-c1ccc(CN2CC[C@]3(CCN(C(=O)O)C3)C2)cc1. The molecule has 9 nitrogen and oxygen atoms in total. The Morgan fingerprint density at radius 3 is 2.46 bits per heavy atom. The van der Waals surface area contributed by atoms with E-state index in [-0.39, 0.29) is 5.41 Å². The molecule has 0 unspecified atom stereocenters. The van der Waals surface area contributed by atoms with E-state index in [2.05, 4.69) is 50.8 Å². The largest absolute Gasteiger partial charge is 0.465 e. The molecule has 1 atom stereocenters. The summed E-state index contributed by atoms with van der Waals surface area (Å²) in [4.78, 5) is 29.8. The topological polar surface area (TPSA) is 113 Å². The second-order valence-electron chi connectivity index (χ2n) is 11.2. The minimum atomic E-state index is -0.805. The molecule has 7 rings (SSSR count). The van der Waals surface area contributed by atoms with Gasteiger partial charge in [0.15, 0.2) is 11.5 Å². The number of likely N-dealkylation sites (tertiary alicyclic amines) is 2. The van der Waals surface area contributed by atoms with Crippen LogP contribution >= 0.6 is 0 Å². The summed E-state index contributed by atoms with van der Waals surface area (Å²) in [6.07, 6.45) is 2.86. The Morgan fingerprint density at radius 1 is 0.902 bits per heavy atom. The van der Waals surface area contributed by atoms with Crippen molar-refractivity contribution in [1.82, 2.24) is 29.3 Å². The van der Waals surface area contributed by atoms with Gasteiger partial charge in [0.1, 0.15) is 11.3 Å². The highest BCUT2D eigenvalue weighted by Gasteiger charge is 2.44. The molecule has 2 aliphatic rings. The molecule has 2 saturated heterocycles. The molecule has 9 heteroatoms. The van der Waals surface area contributed by atoms with E-state index in [9.17, 15) is 9.90 Å². The van der Waals surface area contributed by atoms with Crippen LogP contribution in [0.15, 0.2) is 85.1 Å². The van der Waals surface area contributed by atoms with Crippen molar-refractivity contribution in [3.63, 3.8) is 0 Å². The van der Waals surface area contributed by atoms with Crippen molar-refractivity contribution < 1.29 is 9.90 Å². The van der Waals surface area contributed by atoms with Gasteiger partial charge in [-0.25, -0.2) is 19.7 Å². The standard InChI is InChI=1S/C32H31N7O2/c33-28-25(7-4-16-34-28)29-36-27-13-12-26(23-5-2-1-3-6-23)35-30(27)39(29)24-10-8-22(9-11-24)19-37-17-14-32(20-37)15-18-38(21-32)31(40)41/h1-13,16H,14-15,17-21H2,(H2,33,34)(H,40,41)/t32-/m0/s1. The Balaban J connectivity index is 1.21. The lowest BCUT2D eigenvalue weighted by Gasteiger charge is -2.24. The van der Waals surface area contributed by atoms with Crippen LogP contribution in [0.1, 0.15) is 18.4 Å². The normalized spacial score (nSPS) is 19.0. The molecule has 1 spiro atoms. The van der Waals surface area contributed by atoms with Gasteiger partial charge in [0, 0.05) is 49.0 Å². The molecule has 5 aromatic rings. The summed E-state index contributed by atoms with van der Waals surface area (Å²) >= 11 is 0. The number of carbonyl (C=O) groups is 1. The van der Waals surface area contributed by atoms with Gasteiger partial charge in [0.05, 0.1) is 11.3 Å². The molecule has 5 heterocycles. The zero-order valence-electron chi connectivity index (χ0n) is 22.6. The number of amides is 1. The minimum absolute atomic E-state index is 0.0920. The number of benzene rings is 2. The van der Waals surface area contributed by atoms with Gasteiger partial charge in [-0.1, -0.05) is 42.5 Å². The molecular weight excluding hydrogens is 514 g/mol. The summed E-state index contributed by atoms with van der Waals surface area (Å²) in [6.45, 7) is 4.03. The van der Waals surface area contributed by atoms with Gasteiger partial charge in [0.25, 0.3) is 0 Å². The Morgan fingerprint density at radius 2 is 1.71 bits per heavy atom. The maximum atomic E-state index is 11.4. The second-order valence-corrected chi connectivity index (χ2v) is 11.2. The third-order valence-corrected chi connectivity index (χ3v) is 8.48. The number of nitrogens with zero attached hydrogens (tertiary/aromatic N) is 6. The fraction of sp³-hybridized carbons (Fsp3) is 0.250. The first-order valence-corrected chi connectivity index (χ1v) is 13.9. The maximum Gasteiger partial charge on any atom is 0.407 e. The van der Waals surface area contributed by atoms with Crippen LogP contribution in [0.5, 0.6) is 0 Å². The molecule has 0 bridgehead atoms. The summed E-state index contributed by atoms with van der Waals surface area (Å²) in [7, 11) is 0. The third-order valence-electron chi connectivity index (χ3n) is 8.48. The fourth-order valence-electron chi connectivity index (χ4n) is 6.36. The summed E-state index contributed by atoms with van der Waals surface area (Å²) in [5, 5.41) is 9.40. The predicted octanol–water partition coefficient (Wildman–Crippen LogP) is 5.31. The summed E-state index contributed by atoms with van der Waals surface area (Å²) < 4.78 is 2.06. The minimum Gasteiger partial charge on any atom is -0.465 e. The van der Waals surface area contributed by atoms with Gasteiger partial charge < -0.3 is 15.7 Å². The Labute approximate surface area is 237 Å². The monoisotopic (exact) mass is 545 g/mol. The zero-order chi connectivity index (χ0) is 28.0. The van der Waals surface area contributed by atoms with E-state index in [4.69, 9.17) is 15.7 Å². The van der Waals surface area contributed by atoms with Gasteiger partial charge in [-0.2, -0.15) is 0 Å². The highest BCUT2D eigenvalue weighted by Crippen LogP contribution is 2.40. The number of fused-ring (bicyclic) bond motifs is 1. The van der Waals surface area contributed by atoms with Gasteiger partial charge in [-0.15, -0.1) is 0 Å². The molecule has 41 heavy (non-hydrogen) atoms. The summed E-state index contributed by atoms with van der Waals surface area (Å²) in [5.74, 6) is 1.11. The smallest absolute Gasteiger partial charge is 0.407 e. The number of aromatic nitrogens is 4. The molecule has 0 saturated carbocycles. The molecule has 0 aliphatic carbocycles. The molecule has 3 N–H and O–H groups in total. The number of nitrogen functional groups attached to an aromatic ring is 1. The van der Waals surface area contributed by atoms with Crippen LogP contribution in [-0.4, -0.2) is 66.7 Å². The molecule has 2 aliphatic heterocycles. The number of imidazole rings is 1. The van der Waals surface area contributed by atoms with Crippen molar-refractivity contribution in [3.8, 4) is 28.3 Å². The highest BCUT2D eigenvalue weighted by molar-refractivity contribution is 5.84. The first kappa shape index (κ1) is 25.2. The Kier molecular flexibility index (Phi) is 6.16. The van der Waals surface area contributed by atoms with E-state index < -0.39 is 6.09 Å². The van der Waals surface area contributed by atoms with Crippen LogP contribution in [0.2, 0.25) is 0 Å². The van der Waals surface area contributed by atoms with Crippen molar-refractivity contribution >= 4 is 23.1 Å². The van der Waals surface area contributed by atoms with Gasteiger partial charge in [-0.05, 0) is 61.3 Å². The van der Waals surface area contributed by atoms with Crippen LogP contribution in [-0.2, 0) is 6.54 Å². The molecule has 3 aromatic heterocycles. The van der Waals surface area contributed by atoms with Crippen molar-refractivity contribution in [2.75, 3.05) is 31.9 Å². The van der Waals surface area contributed by atoms with Crippen LogP contribution in [0, 0.1) is 5.41 Å². The molecule has 1 amide bonds. The quantitative estimate of drug-likeness (QED) is 0.308. The number of carboxylic acid groups (broad SMARTS) is 1. The van der Waals surface area contributed by atoms with E-state index >= 15 is 0 Å².